The van der Waals surface area contributed by atoms with Crippen LogP contribution in [0, 0.1) is 11.8 Å². The molecule has 2 aliphatic rings. The van der Waals surface area contributed by atoms with Gasteiger partial charge in [-0.3, -0.25) is 4.79 Å². The van der Waals surface area contributed by atoms with Crippen LogP contribution >= 0.6 is 0 Å². The maximum Gasteiger partial charge on any atom is 0.227 e. The lowest BCUT2D eigenvalue weighted by Gasteiger charge is -2.39. The Morgan fingerprint density at radius 3 is 2.89 bits per heavy atom. The van der Waals surface area contributed by atoms with E-state index in [0.29, 0.717) is 17.9 Å². The molecule has 3 atom stereocenters. The van der Waals surface area contributed by atoms with Crippen molar-refractivity contribution in [1.29, 1.82) is 0 Å². The number of piperidine rings is 2. The molecule has 0 aromatic heterocycles. The lowest BCUT2D eigenvalue weighted by molar-refractivity contribution is -0.140. The van der Waals surface area contributed by atoms with Gasteiger partial charge in [-0.1, -0.05) is 20.3 Å². The molecule has 2 aliphatic heterocycles. The number of hydrogen-bond acceptors (Lipinski definition) is 2. The van der Waals surface area contributed by atoms with Crippen molar-refractivity contribution in [3.8, 4) is 0 Å². The van der Waals surface area contributed by atoms with Crippen molar-refractivity contribution in [3.05, 3.63) is 0 Å². The summed E-state index contributed by atoms with van der Waals surface area (Å²) in [5, 5.41) is 3.40. The van der Waals surface area contributed by atoms with E-state index in [-0.39, 0.29) is 5.92 Å². The Kier molecular flexibility index (Phi) is 5.04. The molecule has 0 radical (unpaired) electrons. The predicted molar refractivity (Wildman–Crippen MR) is 74.4 cm³/mol. The van der Waals surface area contributed by atoms with Gasteiger partial charge in [-0.15, -0.1) is 0 Å². The van der Waals surface area contributed by atoms with Crippen molar-refractivity contribution in [2.75, 3.05) is 19.6 Å². The van der Waals surface area contributed by atoms with E-state index in [0.717, 1.165) is 26.1 Å². The Morgan fingerprint density at radius 1 is 1.33 bits per heavy atom. The molecule has 0 bridgehead atoms. The Balaban J connectivity index is 1.96. The van der Waals surface area contributed by atoms with Gasteiger partial charge in [-0.05, 0) is 44.6 Å². The highest BCUT2D eigenvalue weighted by Crippen LogP contribution is 2.25. The van der Waals surface area contributed by atoms with Crippen LogP contribution in [0.2, 0.25) is 0 Å². The lowest BCUT2D eigenvalue weighted by Crippen LogP contribution is -2.50. The standard InChI is InChI=1S/C15H28N2O/c1-3-6-14-7-4-5-8-17(14)15(18)13-9-12(2)10-16-11-13/h12-14,16H,3-11H2,1-2H3. The van der Waals surface area contributed by atoms with Gasteiger partial charge in [0, 0.05) is 19.1 Å². The molecule has 1 N–H and O–H groups in total. The van der Waals surface area contributed by atoms with E-state index in [1.807, 2.05) is 0 Å². The highest BCUT2D eigenvalue weighted by molar-refractivity contribution is 5.79. The Morgan fingerprint density at radius 2 is 2.17 bits per heavy atom. The third kappa shape index (κ3) is 3.25. The molecular formula is C15H28N2O. The van der Waals surface area contributed by atoms with Crippen molar-refractivity contribution in [1.82, 2.24) is 10.2 Å². The van der Waals surface area contributed by atoms with Gasteiger partial charge in [0.25, 0.3) is 0 Å². The van der Waals surface area contributed by atoms with E-state index in [4.69, 9.17) is 0 Å². The van der Waals surface area contributed by atoms with Crippen molar-refractivity contribution in [2.24, 2.45) is 11.8 Å². The second kappa shape index (κ2) is 6.55. The van der Waals surface area contributed by atoms with E-state index < -0.39 is 0 Å². The molecule has 3 nitrogen and oxygen atoms in total. The number of likely N-dealkylation sites (tertiary alicyclic amines) is 1. The number of rotatable bonds is 3. The van der Waals surface area contributed by atoms with Crippen LogP contribution in [0.5, 0.6) is 0 Å². The maximum absolute atomic E-state index is 12.7. The number of nitrogens with one attached hydrogen (secondary N) is 1. The minimum Gasteiger partial charge on any atom is -0.339 e. The molecule has 0 aromatic rings. The molecule has 2 rings (SSSR count). The van der Waals surface area contributed by atoms with Crippen LogP contribution in [0.1, 0.15) is 52.4 Å². The van der Waals surface area contributed by atoms with Crippen molar-refractivity contribution < 1.29 is 4.79 Å². The SMILES string of the molecule is CCCC1CCCCN1C(=O)C1CNCC(C)C1. The zero-order chi connectivity index (χ0) is 13.0. The Labute approximate surface area is 111 Å². The van der Waals surface area contributed by atoms with Gasteiger partial charge in [0.1, 0.15) is 0 Å². The summed E-state index contributed by atoms with van der Waals surface area (Å²) >= 11 is 0. The second-order valence-electron chi connectivity index (χ2n) is 6.17. The first-order valence-corrected chi connectivity index (χ1v) is 7.73. The van der Waals surface area contributed by atoms with Crippen molar-refractivity contribution in [3.63, 3.8) is 0 Å². The number of carbonyl (C=O) groups is 1. The lowest BCUT2D eigenvalue weighted by atomic mass is 9.89. The molecule has 1 amide bonds. The monoisotopic (exact) mass is 252 g/mol. The van der Waals surface area contributed by atoms with Gasteiger partial charge < -0.3 is 10.2 Å². The van der Waals surface area contributed by atoms with Gasteiger partial charge >= 0.3 is 0 Å². The van der Waals surface area contributed by atoms with Gasteiger partial charge in [0.15, 0.2) is 0 Å². The Bertz CT molecular complexity index is 278. The van der Waals surface area contributed by atoms with Crippen molar-refractivity contribution >= 4 is 5.91 Å². The van der Waals surface area contributed by atoms with Crippen LogP contribution in [0.25, 0.3) is 0 Å². The van der Waals surface area contributed by atoms with Crippen LogP contribution in [-0.2, 0) is 4.79 Å². The first kappa shape index (κ1) is 13.9. The fourth-order valence-corrected chi connectivity index (χ4v) is 3.50. The summed E-state index contributed by atoms with van der Waals surface area (Å²) in [6, 6.07) is 0.522. The highest BCUT2D eigenvalue weighted by atomic mass is 16.2. The largest absolute Gasteiger partial charge is 0.339 e. The van der Waals surface area contributed by atoms with Crippen LogP contribution in [-0.4, -0.2) is 36.5 Å². The van der Waals surface area contributed by atoms with E-state index >= 15 is 0 Å². The number of hydrogen-bond donors (Lipinski definition) is 1. The van der Waals surface area contributed by atoms with Crippen LogP contribution in [0.4, 0.5) is 0 Å². The molecule has 2 heterocycles. The second-order valence-corrected chi connectivity index (χ2v) is 6.17. The van der Waals surface area contributed by atoms with Crippen LogP contribution < -0.4 is 5.32 Å². The Hall–Kier alpha value is -0.570. The molecule has 2 fully saturated rings. The first-order chi connectivity index (χ1) is 8.72. The first-order valence-electron chi connectivity index (χ1n) is 7.73. The van der Waals surface area contributed by atoms with E-state index in [1.54, 1.807) is 0 Å². The molecule has 3 heteroatoms. The molecule has 2 saturated heterocycles. The van der Waals surface area contributed by atoms with Gasteiger partial charge in [-0.25, -0.2) is 0 Å². The number of nitrogens with zero attached hydrogens (tertiary/aromatic N) is 1. The topological polar surface area (TPSA) is 32.3 Å². The van der Waals surface area contributed by atoms with Gasteiger partial charge in [-0.2, -0.15) is 0 Å². The summed E-state index contributed by atoms with van der Waals surface area (Å²) < 4.78 is 0. The van der Waals surface area contributed by atoms with E-state index in [2.05, 4.69) is 24.1 Å². The number of carbonyl (C=O) groups excluding carboxylic acids is 1. The van der Waals surface area contributed by atoms with Crippen LogP contribution in [0.3, 0.4) is 0 Å². The quantitative estimate of drug-likeness (QED) is 0.836. The molecule has 0 aromatic carbocycles. The summed E-state index contributed by atoms with van der Waals surface area (Å²) in [6.07, 6.45) is 7.15. The van der Waals surface area contributed by atoms with Gasteiger partial charge in [0.05, 0.1) is 5.92 Å². The smallest absolute Gasteiger partial charge is 0.227 e. The minimum atomic E-state index is 0.228. The summed E-state index contributed by atoms with van der Waals surface area (Å²) in [5.74, 6) is 1.29. The predicted octanol–water partition coefficient (Wildman–Crippen LogP) is 2.41. The fourth-order valence-electron chi connectivity index (χ4n) is 3.50. The molecule has 0 spiro atoms. The highest BCUT2D eigenvalue weighted by Gasteiger charge is 2.32. The molecule has 0 saturated carbocycles. The molecule has 104 valence electrons. The summed E-state index contributed by atoms with van der Waals surface area (Å²) in [4.78, 5) is 14.9. The molecule has 0 aliphatic carbocycles. The average molecular weight is 252 g/mol. The third-order valence-corrected chi connectivity index (χ3v) is 4.45. The third-order valence-electron chi connectivity index (χ3n) is 4.45. The van der Waals surface area contributed by atoms with Crippen molar-refractivity contribution in [2.45, 2.75) is 58.4 Å². The van der Waals surface area contributed by atoms with Crippen LogP contribution in [0.15, 0.2) is 0 Å². The average Bonchev–Trinajstić information content (AvgIpc) is 2.39. The minimum absolute atomic E-state index is 0.228. The summed E-state index contributed by atoms with van der Waals surface area (Å²) in [6.45, 7) is 7.42. The van der Waals surface area contributed by atoms with Gasteiger partial charge in [0.2, 0.25) is 5.91 Å². The zero-order valence-corrected chi connectivity index (χ0v) is 12.0. The summed E-state index contributed by atoms with van der Waals surface area (Å²) in [5.41, 5.74) is 0. The normalized spacial score (nSPS) is 33.4. The molecular weight excluding hydrogens is 224 g/mol. The van der Waals surface area contributed by atoms with E-state index in [1.165, 1.54) is 32.1 Å². The summed E-state index contributed by atoms with van der Waals surface area (Å²) in [7, 11) is 0. The maximum atomic E-state index is 12.7. The van der Waals surface area contributed by atoms with E-state index in [9.17, 15) is 4.79 Å². The fraction of sp³-hybridized carbons (Fsp3) is 0.933. The molecule has 18 heavy (non-hydrogen) atoms. The molecule has 3 unspecified atom stereocenters. The number of amides is 1. The zero-order valence-electron chi connectivity index (χ0n) is 12.0.